The topological polar surface area (TPSA) is 92.2 Å². The molecule has 0 spiro atoms. The Kier molecular flexibility index (Phi) is 4.66. The standard InChI is InChI=1S/C14H17N3O3S/c1-10-5-11(2)14(6-12(10)8-18)21(19,20)17-7-13-3-4-15-9-16-13/h3-6,9,17-18H,7-8H2,1-2H3. The molecule has 0 aliphatic rings. The number of benzene rings is 1. The van der Waals surface area contributed by atoms with Crippen LogP contribution in [0.15, 0.2) is 35.6 Å². The van der Waals surface area contributed by atoms with E-state index in [9.17, 15) is 13.5 Å². The van der Waals surface area contributed by atoms with Crippen molar-refractivity contribution in [3.63, 3.8) is 0 Å². The van der Waals surface area contributed by atoms with Gasteiger partial charge in [-0.2, -0.15) is 0 Å². The van der Waals surface area contributed by atoms with Crippen molar-refractivity contribution in [3.8, 4) is 0 Å². The third-order valence-corrected chi connectivity index (χ3v) is 4.72. The van der Waals surface area contributed by atoms with Crippen LogP contribution in [0.4, 0.5) is 0 Å². The average molecular weight is 307 g/mol. The van der Waals surface area contributed by atoms with E-state index >= 15 is 0 Å². The van der Waals surface area contributed by atoms with E-state index in [0.717, 1.165) is 5.56 Å². The van der Waals surface area contributed by atoms with E-state index in [4.69, 9.17) is 0 Å². The molecule has 0 bridgehead atoms. The zero-order chi connectivity index (χ0) is 15.5. The van der Waals surface area contributed by atoms with Gasteiger partial charge in [0.15, 0.2) is 0 Å². The summed E-state index contributed by atoms with van der Waals surface area (Å²) < 4.78 is 27.2. The molecule has 2 aromatic rings. The normalized spacial score (nSPS) is 11.6. The van der Waals surface area contributed by atoms with E-state index in [2.05, 4.69) is 14.7 Å². The highest BCUT2D eigenvalue weighted by Gasteiger charge is 2.18. The minimum atomic E-state index is -3.66. The molecule has 2 N–H and O–H groups in total. The van der Waals surface area contributed by atoms with E-state index in [1.807, 2.05) is 6.92 Å². The van der Waals surface area contributed by atoms with Crippen molar-refractivity contribution in [3.05, 3.63) is 53.1 Å². The first-order chi connectivity index (χ1) is 9.94. The van der Waals surface area contributed by atoms with Crippen molar-refractivity contribution >= 4 is 10.0 Å². The zero-order valence-corrected chi connectivity index (χ0v) is 12.7. The highest BCUT2D eigenvalue weighted by Crippen LogP contribution is 2.20. The molecule has 2 rings (SSSR count). The fourth-order valence-corrected chi connectivity index (χ4v) is 3.28. The number of aromatic nitrogens is 2. The van der Waals surface area contributed by atoms with E-state index < -0.39 is 10.0 Å². The Hall–Kier alpha value is -1.83. The second-order valence-electron chi connectivity index (χ2n) is 4.73. The lowest BCUT2D eigenvalue weighted by atomic mass is 10.1. The largest absolute Gasteiger partial charge is 0.392 e. The van der Waals surface area contributed by atoms with Gasteiger partial charge in [0.2, 0.25) is 10.0 Å². The Bertz CT molecular complexity index is 731. The summed E-state index contributed by atoms with van der Waals surface area (Å²) in [6, 6.07) is 4.90. The molecule has 1 heterocycles. The Morgan fingerprint density at radius 1 is 1.24 bits per heavy atom. The molecule has 0 saturated heterocycles. The van der Waals surface area contributed by atoms with E-state index in [1.165, 1.54) is 12.4 Å². The van der Waals surface area contributed by atoms with Gasteiger partial charge in [0.25, 0.3) is 0 Å². The Morgan fingerprint density at radius 3 is 2.62 bits per heavy atom. The SMILES string of the molecule is Cc1cc(C)c(S(=O)(=O)NCc2ccncn2)cc1CO. The van der Waals surface area contributed by atoms with Gasteiger partial charge in [-0.05, 0) is 42.7 Å². The summed E-state index contributed by atoms with van der Waals surface area (Å²) >= 11 is 0. The first-order valence-corrected chi connectivity index (χ1v) is 7.88. The summed E-state index contributed by atoms with van der Waals surface area (Å²) in [5.41, 5.74) is 2.69. The lowest BCUT2D eigenvalue weighted by Crippen LogP contribution is -2.24. The van der Waals surface area contributed by atoms with Crippen LogP contribution in [0.3, 0.4) is 0 Å². The van der Waals surface area contributed by atoms with Crippen molar-refractivity contribution in [2.24, 2.45) is 0 Å². The van der Waals surface area contributed by atoms with Crippen LogP contribution in [0.25, 0.3) is 0 Å². The summed E-state index contributed by atoms with van der Waals surface area (Å²) in [7, 11) is -3.66. The lowest BCUT2D eigenvalue weighted by molar-refractivity contribution is 0.280. The number of aryl methyl sites for hydroxylation is 2. The van der Waals surface area contributed by atoms with Gasteiger partial charge in [-0.15, -0.1) is 0 Å². The number of nitrogens with zero attached hydrogens (tertiary/aromatic N) is 2. The van der Waals surface area contributed by atoms with Crippen LogP contribution in [0.2, 0.25) is 0 Å². The van der Waals surface area contributed by atoms with Crippen LogP contribution >= 0.6 is 0 Å². The summed E-state index contributed by atoms with van der Waals surface area (Å²) in [6.45, 7) is 3.46. The van der Waals surface area contributed by atoms with E-state index in [0.29, 0.717) is 16.8 Å². The minimum absolute atomic E-state index is 0.0899. The maximum absolute atomic E-state index is 12.4. The second kappa shape index (κ2) is 6.30. The molecule has 112 valence electrons. The summed E-state index contributed by atoms with van der Waals surface area (Å²) in [4.78, 5) is 7.92. The molecule has 0 radical (unpaired) electrons. The van der Waals surface area contributed by atoms with Crippen molar-refractivity contribution in [1.82, 2.24) is 14.7 Å². The maximum atomic E-state index is 12.4. The number of aliphatic hydroxyl groups excluding tert-OH is 1. The quantitative estimate of drug-likeness (QED) is 0.862. The van der Waals surface area contributed by atoms with Gasteiger partial charge in [-0.1, -0.05) is 6.07 Å². The van der Waals surface area contributed by atoms with Crippen molar-refractivity contribution in [2.75, 3.05) is 0 Å². The fraction of sp³-hybridized carbons (Fsp3) is 0.286. The lowest BCUT2D eigenvalue weighted by Gasteiger charge is -2.12. The summed E-state index contributed by atoms with van der Waals surface area (Å²) in [5, 5.41) is 9.28. The molecule has 0 amide bonds. The van der Waals surface area contributed by atoms with Crippen molar-refractivity contribution in [1.29, 1.82) is 0 Å². The molecule has 0 unspecified atom stereocenters. The molecule has 21 heavy (non-hydrogen) atoms. The third-order valence-electron chi connectivity index (χ3n) is 3.18. The highest BCUT2D eigenvalue weighted by molar-refractivity contribution is 7.89. The minimum Gasteiger partial charge on any atom is -0.392 e. The number of nitrogens with one attached hydrogen (secondary N) is 1. The van der Waals surface area contributed by atoms with Crippen LogP contribution in [0.1, 0.15) is 22.4 Å². The molecular formula is C14H17N3O3S. The average Bonchev–Trinajstić information content (AvgIpc) is 2.46. The van der Waals surface area contributed by atoms with Crippen LogP contribution in [0, 0.1) is 13.8 Å². The summed E-state index contributed by atoms with van der Waals surface area (Å²) in [5.74, 6) is 0. The first-order valence-electron chi connectivity index (χ1n) is 6.39. The molecule has 0 atom stereocenters. The van der Waals surface area contributed by atoms with Gasteiger partial charge < -0.3 is 5.11 Å². The molecule has 1 aromatic carbocycles. The Labute approximate surface area is 123 Å². The highest BCUT2D eigenvalue weighted by atomic mass is 32.2. The predicted octanol–water partition coefficient (Wildman–Crippen LogP) is 1.06. The molecule has 7 heteroatoms. The van der Waals surface area contributed by atoms with Gasteiger partial charge in [0.1, 0.15) is 6.33 Å². The van der Waals surface area contributed by atoms with Gasteiger partial charge in [-0.25, -0.2) is 23.1 Å². The maximum Gasteiger partial charge on any atom is 0.241 e. The van der Waals surface area contributed by atoms with Gasteiger partial charge in [-0.3, -0.25) is 0 Å². The molecule has 0 fully saturated rings. The van der Waals surface area contributed by atoms with E-state index in [1.54, 1.807) is 25.3 Å². The van der Waals surface area contributed by atoms with Crippen molar-refractivity contribution in [2.45, 2.75) is 31.9 Å². The van der Waals surface area contributed by atoms with Gasteiger partial charge in [0.05, 0.1) is 23.7 Å². The molecule has 0 saturated carbocycles. The molecule has 1 aromatic heterocycles. The Balaban J connectivity index is 2.27. The van der Waals surface area contributed by atoms with Crippen LogP contribution in [-0.4, -0.2) is 23.5 Å². The van der Waals surface area contributed by atoms with Crippen molar-refractivity contribution < 1.29 is 13.5 Å². The predicted molar refractivity (Wildman–Crippen MR) is 77.9 cm³/mol. The monoisotopic (exact) mass is 307 g/mol. The molecule has 6 nitrogen and oxygen atoms in total. The number of hydrogen-bond donors (Lipinski definition) is 2. The van der Waals surface area contributed by atoms with Gasteiger partial charge >= 0.3 is 0 Å². The number of sulfonamides is 1. The fourth-order valence-electron chi connectivity index (χ4n) is 2.00. The van der Waals surface area contributed by atoms with E-state index in [-0.39, 0.29) is 18.0 Å². The number of aliphatic hydroxyl groups is 1. The van der Waals surface area contributed by atoms with Gasteiger partial charge in [0, 0.05) is 6.20 Å². The second-order valence-corrected chi connectivity index (χ2v) is 6.46. The number of rotatable bonds is 5. The third kappa shape index (κ3) is 3.63. The number of hydrogen-bond acceptors (Lipinski definition) is 5. The Morgan fingerprint density at radius 2 is 2.00 bits per heavy atom. The zero-order valence-electron chi connectivity index (χ0n) is 11.9. The first kappa shape index (κ1) is 15.6. The van der Waals surface area contributed by atoms with Crippen LogP contribution in [-0.2, 0) is 23.2 Å². The molecule has 0 aliphatic carbocycles. The summed E-state index contributed by atoms with van der Waals surface area (Å²) in [6.07, 6.45) is 2.92. The van der Waals surface area contributed by atoms with Crippen LogP contribution < -0.4 is 4.72 Å². The van der Waals surface area contributed by atoms with Crippen LogP contribution in [0.5, 0.6) is 0 Å². The molecular weight excluding hydrogens is 290 g/mol. The smallest absolute Gasteiger partial charge is 0.241 e. The molecule has 0 aliphatic heterocycles.